The van der Waals surface area contributed by atoms with E-state index in [1.165, 1.54) is 0 Å². The van der Waals surface area contributed by atoms with Crippen LogP contribution in [0.5, 0.6) is 0 Å². The summed E-state index contributed by atoms with van der Waals surface area (Å²) in [7, 11) is -3.64. The Balaban J connectivity index is 0.00000243. The summed E-state index contributed by atoms with van der Waals surface area (Å²) in [6, 6.07) is 12.6. The minimum Gasteiger partial charge on any atom is -0.352 e. The third-order valence-electron chi connectivity index (χ3n) is 4.47. The number of hydrogen-bond acceptors (Lipinski definition) is 4. The van der Waals surface area contributed by atoms with Gasteiger partial charge in [-0.25, -0.2) is 13.1 Å². The maximum absolute atomic E-state index is 12.4. The number of hydrogen-bond donors (Lipinski definition) is 3. The van der Waals surface area contributed by atoms with Gasteiger partial charge < -0.3 is 11.1 Å². The first kappa shape index (κ1) is 20.6. The Morgan fingerprint density at radius 3 is 2.50 bits per heavy atom. The molecule has 2 aromatic rings. The number of carbonyl (C=O) groups is 1. The molecule has 0 radical (unpaired) electrons. The number of sulfonamides is 1. The number of halogens is 1. The van der Waals surface area contributed by atoms with Crippen LogP contribution in [-0.4, -0.2) is 33.5 Å². The molecule has 1 fully saturated rings. The fraction of sp³-hybridized carbons (Fsp3) is 0.389. The summed E-state index contributed by atoms with van der Waals surface area (Å²) in [5, 5.41) is 4.72. The molecule has 1 aliphatic carbocycles. The zero-order valence-corrected chi connectivity index (χ0v) is 16.0. The summed E-state index contributed by atoms with van der Waals surface area (Å²) in [6.45, 7) is 0.474. The maximum atomic E-state index is 12.4. The van der Waals surface area contributed by atoms with Gasteiger partial charge in [0.15, 0.2) is 0 Å². The lowest BCUT2D eigenvalue weighted by Gasteiger charge is -2.16. The number of rotatable bonds is 8. The van der Waals surface area contributed by atoms with E-state index in [9.17, 15) is 13.2 Å². The van der Waals surface area contributed by atoms with Crippen LogP contribution in [0.25, 0.3) is 10.8 Å². The lowest BCUT2D eigenvalue weighted by Crippen LogP contribution is -2.42. The van der Waals surface area contributed by atoms with Crippen LogP contribution in [0.3, 0.4) is 0 Å². The van der Waals surface area contributed by atoms with Gasteiger partial charge in [-0.2, -0.15) is 0 Å². The molecule has 1 atom stereocenters. The van der Waals surface area contributed by atoms with Gasteiger partial charge in [0.05, 0.1) is 4.90 Å². The fourth-order valence-corrected chi connectivity index (χ4v) is 3.93. The number of benzene rings is 2. The summed E-state index contributed by atoms with van der Waals surface area (Å²) in [5.41, 5.74) is 5.66. The van der Waals surface area contributed by atoms with E-state index in [0.29, 0.717) is 12.5 Å². The van der Waals surface area contributed by atoms with Gasteiger partial charge in [0.2, 0.25) is 15.9 Å². The highest BCUT2D eigenvalue weighted by Gasteiger charge is 2.31. The zero-order valence-electron chi connectivity index (χ0n) is 14.4. The van der Waals surface area contributed by atoms with Crippen LogP contribution in [0, 0.1) is 5.92 Å². The molecular weight excluding hydrogens is 374 g/mol. The second kappa shape index (κ2) is 8.81. The molecule has 0 saturated heterocycles. The smallest absolute Gasteiger partial charge is 0.240 e. The van der Waals surface area contributed by atoms with Crippen LogP contribution in [0.15, 0.2) is 47.4 Å². The molecule has 2 aromatic carbocycles. The molecule has 1 aliphatic rings. The average molecular weight is 398 g/mol. The predicted octanol–water partition coefficient (Wildman–Crippen LogP) is 1.78. The van der Waals surface area contributed by atoms with Gasteiger partial charge in [-0.1, -0.05) is 30.3 Å². The maximum Gasteiger partial charge on any atom is 0.240 e. The summed E-state index contributed by atoms with van der Waals surface area (Å²) in [4.78, 5) is 12.1. The average Bonchev–Trinajstić information content (AvgIpc) is 3.44. The monoisotopic (exact) mass is 397 g/mol. The first-order chi connectivity index (χ1) is 12.0. The number of amides is 1. The molecule has 0 bridgehead atoms. The van der Waals surface area contributed by atoms with Crippen molar-refractivity contribution in [2.24, 2.45) is 11.7 Å². The van der Waals surface area contributed by atoms with Crippen molar-refractivity contribution in [1.29, 1.82) is 0 Å². The van der Waals surface area contributed by atoms with E-state index in [-0.39, 0.29) is 42.2 Å². The van der Waals surface area contributed by atoms with Crippen LogP contribution >= 0.6 is 12.4 Å². The molecule has 26 heavy (non-hydrogen) atoms. The van der Waals surface area contributed by atoms with Gasteiger partial charge in [-0.15, -0.1) is 12.4 Å². The SMILES string of the molecule is Cl.NCC(NC(=O)CCNS(=O)(=O)c1ccc2ccccc2c1)C1CC1. The molecule has 1 amide bonds. The molecular formula is C18H24ClN3O3S. The van der Waals surface area contributed by atoms with Crippen molar-refractivity contribution in [1.82, 2.24) is 10.0 Å². The Labute approximate surface area is 160 Å². The van der Waals surface area contributed by atoms with E-state index in [4.69, 9.17) is 5.73 Å². The van der Waals surface area contributed by atoms with Gasteiger partial charge >= 0.3 is 0 Å². The van der Waals surface area contributed by atoms with Crippen molar-refractivity contribution in [3.63, 3.8) is 0 Å². The normalized spacial score (nSPS) is 15.3. The quantitative estimate of drug-likeness (QED) is 0.631. The molecule has 1 saturated carbocycles. The van der Waals surface area contributed by atoms with Crippen LogP contribution in [0.4, 0.5) is 0 Å². The Morgan fingerprint density at radius 2 is 1.85 bits per heavy atom. The first-order valence-corrected chi connectivity index (χ1v) is 9.96. The fourth-order valence-electron chi connectivity index (χ4n) is 2.86. The third-order valence-corrected chi connectivity index (χ3v) is 5.93. The minimum absolute atomic E-state index is 0. The molecule has 0 spiro atoms. The molecule has 1 unspecified atom stereocenters. The summed E-state index contributed by atoms with van der Waals surface area (Å²) in [5.74, 6) is 0.298. The highest BCUT2D eigenvalue weighted by atomic mass is 35.5. The molecule has 0 heterocycles. The van der Waals surface area contributed by atoms with Crippen molar-refractivity contribution in [3.05, 3.63) is 42.5 Å². The van der Waals surface area contributed by atoms with Gasteiger partial charge in [0, 0.05) is 25.6 Å². The first-order valence-electron chi connectivity index (χ1n) is 8.47. The van der Waals surface area contributed by atoms with Crippen LogP contribution in [0.1, 0.15) is 19.3 Å². The molecule has 6 nitrogen and oxygen atoms in total. The van der Waals surface area contributed by atoms with Crippen LogP contribution in [-0.2, 0) is 14.8 Å². The Kier molecular flexibility index (Phi) is 7.00. The minimum atomic E-state index is -3.64. The third kappa shape index (κ3) is 5.17. The second-order valence-electron chi connectivity index (χ2n) is 6.40. The highest BCUT2D eigenvalue weighted by molar-refractivity contribution is 7.89. The van der Waals surface area contributed by atoms with E-state index in [2.05, 4.69) is 10.0 Å². The van der Waals surface area contributed by atoms with Crippen molar-refractivity contribution >= 4 is 39.1 Å². The molecule has 0 aliphatic heterocycles. The lowest BCUT2D eigenvalue weighted by molar-refractivity contribution is -0.121. The molecule has 3 rings (SSSR count). The zero-order chi connectivity index (χ0) is 17.9. The number of fused-ring (bicyclic) bond motifs is 1. The lowest BCUT2D eigenvalue weighted by atomic mass is 10.1. The largest absolute Gasteiger partial charge is 0.352 e. The highest BCUT2D eigenvalue weighted by Crippen LogP contribution is 2.32. The van der Waals surface area contributed by atoms with E-state index >= 15 is 0 Å². The summed E-state index contributed by atoms with van der Waals surface area (Å²) in [6.07, 6.45) is 2.28. The van der Waals surface area contributed by atoms with Crippen molar-refractivity contribution < 1.29 is 13.2 Å². The van der Waals surface area contributed by atoms with E-state index in [1.54, 1.807) is 18.2 Å². The predicted molar refractivity (Wildman–Crippen MR) is 105 cm³/mol. The van der Waals surface area contributed by atoms with E-state index in [0.717, 1.165) is 23.6 Å². The standard InChI is InChI=1S/C18H23N3O3S.ClH/c19-12-17(14-5-6-14)21-18(22)9-10-20-25(23,24)16-8-7-13-3-1-2-4-15(13)11-16;/h1-4,7-8,11,14,17,20H,5-6,9-10,12,19H2,(H,21,22);1H. The van der Waals surface area contributed by atoms with Gasteiger partial charge in [-0.05, 0) is 41.7 Å². The van der Waals surface area contributed by atoms with Crippen LogP contribution in [0.2, 0.25) is 0 Å². The topological polar surface area (TPSA) is 101 Å². The van der Waals surface area contributed by atoms with E-state index in [1.807, 2.05) is 24.3 Å². The van der Waals surface area contributed by atoms with Crippen molar-refractivity contribution in [2.75, 3.05) is 13.1 Å². The Bertz CT molecular complexity index is 869. The Hall–Kier alpha value is -1.67. The number of nitrogens with one attached hydrogen (secondary N) is 2. The second-order valence-corrected chi connectivity index (χ2v) is 8.17. The van der Waals surface area contributed by atoms with Crippen molar-refractivity contribution in [2.45, 2.75) is 30.2 Å². The number of nitrogens with two attached hydrogens (primary N) is 1. The summed E-state index contributed by atoms with van der Waals surface area (Å²) >= 11 is 0. The van der Waals surface area contributed by atoms with Crippen molar-refractivity contribution in [3.8, 4) is 0 Å². The van der Waals surface area contributed by atoms with Crippen LogP contribution < -0.4 is 15.8 Å². The van der Waals surface area contributed by atoms with Gasteiger partial charge in [-0.3, -0.25) is 4.79 Å². The summed E-state index contributed by atoms with van der Waals surface area (Å²) < 4.78 is 27.3. The Morgan fingerprint density at radius 1 is 1.15 bits per heavy atom. The molecule has 142 valence electrons. The molecule has 8 heteroatoms. The molecule has 0 aromatic heterocycles. The van der Waals surface area contributed by atoms with E-state index < -0.39 is 10.0 Å². The number of carbonyl (C=O) groups excluding carboxylic acids is 1. The molecule has 4 N–H and O–H groups in total. The van der Waals surface area contributed by atoms with Gasteiger partial charge in [0.1, 0.15) is 0 Å². The van der Waals surface area contributed by atoms with Gasteiger partial charge in [0.25, 0.3) is 0 Å².